The van der Waals surface area contributed by atoms with Gasteiger partial charge < -0.3 is 20.3 Å². The molecule has 0 saturated heterocycles. The number of ether oxygens (including phenoxy) is 1. The lowest BCUT2D eigenvalue weighted by Crippen LogP contribution is -2.31. The van der Waals surface area contributed by atoms with E-state index >= 15 is 0 Å². The molecule has 5 heteroatoms. The fourth-order valence-corrected chi connectivity index (χ4v) is 2.28. The summed E-state index contributed by atoms with van der Waals surface area (Å²) in [6.45, 7) is 2.33. The first-order valence-corrected chi connectivity index (χ1v) is 7.42. The van der Waals surface area contributed by atoms with Gasteiger partial charge >= 0.3 is 0 Å². The highest BCUT2D eigenvalue weighted by Gasteiger charge is 2.16. The molecule has 0 aliphatic rings. The highest BCUT2D eigenvalue weighted by Crippen LogP contribution is 2.24. The van der Waals surface area contributed by atoms with E-state index in [0.29, 0.717) is 17.3 Å². The number of hydrogen-bond donors (Lipinski definition) is 3. The van der Waals surface area contributed by atoms with Gasteiger partial charge in [-0.15, -0.1) is 0 Å². The summed E-state index contributed by atoms with van der Waals surface area (Å²) < 4.78 is 5.05. The van der Waals surface area contributed by atoms with Crippen LogP contribution in [0.4, 0.5) is 0 Å². The summed E-state index contributed by atoms with van der Waals surface area (Å²) >= 11 is 5.84. The van der Waals surface area contributed by atoms with Crippen LogP contribution in [-0.4, -0.2) is 23.4 Å². The molecule has 2 rings (SSSR count). The van der Waals surface area contributed by atoms with Crippen molar-refractivity contribution in [2.24, 2.45) is 0 Å². The monoisotopic (exact) mass is 321 g/mol. The zero-order valence-corrected chi connectivity index (χ0v) is 13.3. The highest BCUT2D eigenvalue weighted by atomic mass is 35.5. The molecule has 0 aliphatic heterocycles. The second-order valence-electron chi connectivity index (χ2n) is 5.16. The smallest absolute Gasteiger partial charge is 0.123 e. The van der Waals surface area contributed by atoms with Crippen LogP contribution in [0.25, 0.3) is 0 Å². The molecule has 2 atom stereocenters. The lowest BCUT2D eigenvalue weighted by atomic mass is 10.0. The lowest BCUT2D eigenvalue weighted by molar-refractivity contribution is 0.135. The average Bonchev–Trinajstić information content (AvgIpc) is 2.53. The first kappa shape index (κ1) is 16.6. The van der Waals surface area contributed by atoms with Crippen LogP contribution in [0.2, 0.25) is 5.02 Å². The van der Waals surface area contributed by atoms with E-state index < -0.39 is 6.10 Å². The molecular formula is C17H20ClNO3. The number of phenols is 1. The minimum Gasteiger partial charge on any atom is -0.507 e. The van der Waals surface area contributed by atoms with Crippen molar-refractivity contribution < 1.29 is 14.9 Å². The molecule has 2 unspecified atom stereocenters. The van der Waals surface area contributed by atoms with Gasteiger partial charge in [0.1, 0.15) is 11.5 Å². The maximum absolute atomic E-state index is 10.3. The Morgan fingerprint density at radius 3 is 2.45 bits per heavy atom. The highest BCUT2D eigenvalue weighted by molar-refractivity contribution is 6.30. The second-order valence-corrected chi connectivity index (χ2v) is 5.60. The Morgan fingerprint density at radius 1 is 1.18 bits per heavy atom. The van der Waals surface area contributed by atoms with E-state index in [1.54, 1.807) is 49.6 Å². The summed E-state index contributed by atoms with van der Waals surface area (Å²) in [5.41, 5.74) is 1.54. The Labute approximate surface area is 135 Å². The fourth-order valence-electron chi connectivity index (χ4n) is 2.15. The van der Waals surface area contributed by atoms with Crippen LogP contribution in [-0.2, 0) is 6.54 Å². The molecule has 2 aromatic carbocycles. The first-order chi connectivity index (χ1) is 10.5. The number of rotatable bonds is 6. The second kappa shape index (κ2) is 7.49. The molecule has 0 spiro atoms. The van der Waals surface area contributed by atoms with Crippen LogP contribution in [0.5, 0.6) is 11.5 Å². The Balaban J connectivity index is 1.97. The number of aliphatic hydroxyl groups is 1. The Hall–Kier alpha value is -1.75. The molecule has 22 heavy (non-hydrogen) atoms. The third-order valence-electron chi connectivity index (χ3n) is 3.59. The number of phenolic OH excluding ortho intramolecular Hbond substituents is 1. The SMILES string of the molecule is COc1ccc(CNC(C)C(O)c2ccc(Cl)cc2)c(O)c1. The van der Waals surface area contributed by atoms with Gasteiger partial charge in [0.05, 0.1) is 13.2 Å². The van der Waals surface area contributed by atoms with Gasteiger partial charge in [-0.3, -0.25) is 0 Å². The number of hydrogen-bond acceptors (Lipinski definition) is 4. The molecule has 4 nitrogen and oxygen atoms in total. The average molecular weight is 322 g/mol. The normalized spacial score (nSPS) is 13.6. The van der Waals surface area contributed by atoms with E-state index in [1.165, 1.54) is 0 Å². The van der Waals surface area contributed by atoms with E-state index in [4.69, 9.17) is 16.3 Å². The number of methoxy groups -OCH3 is 1. The molecule has 0 aromatic heterocycles. The molecule has 2 aromatic rings. The van der Waals surface area contributed by atoms with E-state index in [1.807, 2.05) is 6.92 Å². The summed E-state index contributed by atoms with van der Waals surface area (Å²) in [5, 5.41) is 24.1. The predicted molar refractivity (Wildman–Crippen MR) is 87.4 cm³/mol. The third-order valence-corrected chi connectivity index (χ3v) is 3.84. The van der Waals surface area contributed by atoms with E-state index in [0.717, 1.165) is 11.1 Å². The van der Waals surface area contributed by atoms with Gasteiger partial charge in [-0.2, -0.15) is 0 Å². The van der Waals surface area contributed by atoms with Gasteiger partial charge in [-0.1, -0.05) is 29.8 Å². The number of halogens is 1. The zero-order valence-electron chi connectivity index (χ0n) is 12.6. The van der Waals surface area contributed by atoms with Crippen molar-refractivity contribution in [3.05, 3.63) is 58.6 Å². The maximum atomic E-state index is 10.3. The Kier molecular flexibility index (Phi) is 5.66. The molecule has 0 bridgehead atoms. The standard InChI is InChI=1S/C17H20ClNO3/c1-11(17(21)12-3-6-14(18)7-4-12)19-10-13-5-8-15(22-2)9-16(13)20/h3-9,11,17,19-21H,10H2,1-2H3. The number of nitrogens with one attached hydrogen (secondary N) is 1. The summed E-state index contributed by atoms with van der Waals surface area (Å²) in [6, 6.07) is 12.1. The van der Waals surface area contributed by atoms with Gasteiger partial charge in [0, 0.05) is 29.2 Å². The van der Waals surface area contributed by atoms with Gasteiger partial charge in [0.25, 0.3) is 0 Å². The molecule has 0 saturated carbocycles. The largest absolute Gasteiger partial charge is 0.507 e. The minimum atomic E-state index is -0.655. The summed E-state index contributed by atoms with van der Waals surface area (Å²) in [6.07, 6.45) is -0.655. The van der Waals surface area contributed by atoms with Crippen LogP contribution in [0.3, 0.4) is 0 Å². The fraction of sp³-hybridized carbons (Fsp3) is 0.294. The predicted octanol–water partition coefficient (Wildman–Crippen LogP) is 3.27. The van der Waals surface area contributed by atoms with Crippen LogP contribution in [0.15, 0.2) is 42.5 Å². The topological polar surface area (TPSA) is 61.7 Å². The lowest BCUT2D eigenvalue weighted by Gasteiger charge is -2.21. The van der Waals surface area contributed by atoms with Crippen molar-refractivity contribution in [2.45, 2.75) is 25.6 Å². The van der Waals surface area contributed by atoms with Crippen LogP contribution in [0, 0.1) is 0 Å². The Bertz CT molecular complexity index is 616. The van der Waals surface area contributed by atoms with Crippen molar-refractivity contribution in [3.63, 3.8) is 0 Å². The summed E-state index contributed by atoms with van der Waals surface area (Å²) in [7, 11) is 1.55. The summed E-state index contributed by atoms with van der Waals surface area (Å²) in [4.78, 5) is 0. The third kappa shape index (κ3) is 4.13. The van der Waals surface area contributed by atoms with Gasteiger partial charge in [0.2, 0.25) is 0 Å². The number of benzene rings is 2. The van der Waals surface area contributed by atoms with Crippen LogP contribution >= 0.6 is 11.6 Å². The van der Waals surface area contributed by atoms with Crippen LogP contribution < -0.4 is 10.1 Å². The maximum Gasteiger partial charge on any atom is 0.123 e. The van der Waals surface area contributed by atoms with Crippen molar-refractivity contribution >= 4 is 11.6 Å². The quantitative estimate of drug-likeness (QED) is 0.764. The Morgan fingerprint density at radius 2 is 1.86 bits per heavy atom. The van der Waals surface area contributed by atoms with Crippen molar-refractivity contribution in [3.8, 4) is 11.5 Å². The molecule has 0 radical (unpaired) electrons. The molecule has 0 aliphatic carbocycles. The number of aromatic hydroxyl groups is 1. The van der Waals surface area contributed by atoms with Crippen molar-refractivity contribution in [1.82, 2.24) is 5.32 Å². The molecule has 3 N–H and O–H groups in total. The molecule has 118 valence electrons. The molecule has 0 amide bonds. The molecule has 0 fully saturated rings. The van der Waals surface area contributed by atoms with E-state index in [2.05, 4.69) is 5.32 Å². The van der Waals surface area contributed by atoms with Crippen LogP contribution in [0.1, 0.15) is 24.2 Å². The minimum absolute atomic E-state index is 0.167. The van der Waals surface area contributed by atoms with Crippen molar-refractivity contribution in [2.75, 3.05) is 7.11 Å². The van der Waals surface area contributed by atoms with Gasteiger partial charge in [-0.05, 0) is 30.7 Å². The molecular weight excluding hydrogens is 302 g/mol. The van der Waals surface area contributed by atoms with Gasteiger partial charge in [-0.25, -0.2) is 0 Å². The van der Waals surface area contributed by atoms with Gasteiger partial charge in [0.15, 0.2) is 0 Å². The zero-order chi connectivity index (χ0) is 16.1. The first-order valence-electron chi connectivity index (χ1n) is 7.04. The molecule has 0 heterocycles. The van der Waals surface area contributed by atoms with Crippen molar-refractivity contribution in [1.29, 1.82) is 0 Å². The number of aliphatic hydroxyl groups excluding tert-OH is 1. The summed E-state index contributed by atoms with van der Waals surface area (Å²) in [5.74, 6) is 0.774. The van der Waals surface area contributed by atoms with E-state index in [9.17, 15) is 10.2 Å². The van der Waals surface area contributed by atoms with E-state index in [-0.39, 0.29) is 11.8 Å².